The number of Topliss-reactive ketones (excluding diaryl/α,β-unsaturated/α-hetero) is 1. The zero-order chi connectivity index (χ0) is 15.4. The number of ketones is 1. The first-order valence-corrected chi connectivity index (χ1v) is 7.07. The van der Waals surface area contributed by atoms with E-state index in [1.807, 2.05) is 0 Å². The molecule has 0 bridgehead atoms. The first-order chi connectivity index (χ1) is 9.99. The zero-order valence-electron chi connectivity index (χ0n) is 11.6. The number of aliphatic carboxylic acids is 1. The van der Waals surface area contributed by atoms with E-state index in [4.69, 9.17) is 10.2 Å². The molecule has 1 aromatic rings. The minimum Gasteiger partial charge on any atom is -0.481 e. The molecule has 0 heterocycles. The molecule has 21 heavy (non-hydrogen) atoms. The van der Waals surface area contributed by atoms with Crippen LogP contribution >= 0.6 is 0 Å². The molecule has 2 N–H and O–H groups in total. The lowest BCUT2D eigenvalue weighted by Crippen LogP contribution is -2.23. The van der Waals surface area contributed by atoms with E-state index in [0.29, 0.717) is 25.7 Å². The molecule has 0 spiro atoms. The summed E-state index contributed by atoms with van der Waals surface area (Å²) in [6.07, 6.45) is 2.88. The third-order valence-electron chi connectivity index (χ3n) is 4.13. The maximum Gasteiger partial charge on any atom is 0.336 e. The van der Waals surface area contributed by atoms with Gasteiger partial charge in [-0.15, -0.1) is 0 Å². The number of benzene rings is 1. The molecule has 1 fully saturated rings. The average Bonchev–Trinajstić information content (AvgIpc) is 2.47. The summed E-state index contributed by atoms with van der Waals surface area (Å²) in [5, 5.41) is 18.0. The maximum absolute atomic E-state index is 12.3. The van der Waals surface area contributed by atoms with Crippen LogP contribution in [-0.4, -0.2) is 27.9 Å². The minimum absolute atomic E-state index is 0.0294. The minimum atomic E-state index is -1.10. The van der Waals surface area contributed by atoms with Crippen LogP contribution in [-0.2, 0) is 4.79 Å². The highest BCUT2D eigenvalue weighted by atomic mass is 16.4. The van der Waals surface area contributed by atoms with Crippen LogP contribution < -0.4 is 0 Å². The Hall–Kier alpha value is -2.17. The van der Waals surface area contributed by atoms with Crippen LogP contribution in [0.4, 0.5) is 0 Å². The van der Waals surface area contributed by atoms with Crippen molar-refractivity contribution in [3.8, 4) is 0 Å². The molecule has 112 valence electrons. The lowest BCUT2D eigenvalue weighted by atomic mass is 9.79. The Morgan fingerprint density at radius 3 is 2.05 bits per heavy atom. The SMILES string of the molecule is O=C(O)c1ccccc1C(=O)CC1CCC(C(=O)O)CC1. The average molecular weight is 290 g/mol. The number of rotatable bonds is 5. The van der Waals surface area contributed by atoms with Crippen LogP contribution in [0.2, 0.25) is 0 Å². The third-order valence-corrected chi connectivity index (χ3v) is 4.13. The quantitative estimate of drug-likeness (QED) is 0.813. The normalized spacial score (nSPS) is 21.7. The van der Waals surface area contributed by atoms with E-state index in [0.717, 1.165) is 0 Å². The second-order valence-electron chi connectivity index (χ2n) is 5.53. The standard InChI is InChI=1S/C16H18O5/c17-14(12-3-1-2-4-13(12)16(20)21)9-10-5-7-11(8-6-10)15(18)19/h1-4,10-11H,5-9H2,(H,18,19)(H,20,21). The molecular weight excluding hydrogens is 272 g/mol. The largest absolute Gasteiger partial charge is 0.481 e. The number of carboxylic acids is 2. The predicted octanol–water partition coefficient (Wildman–Crippen LogP) is 2.85. The van der Waals surface area contributed by atoms with Gasteiger partial charge in [0.05, 0.1) is 11.5 Å². The fourth-order valence-electron chi connectivity index (χ4n) is 2.90. The Morgan fingerprint density at radius 1 is 0.952 bits per heavy atom. The van der Waals surface area contributed by atoms with E-state index in [-0.39, 0.29) is 35.2 Å². The van der Waals surface area contributed by atoms with Crippen molar-refractivity contribution in [3.05, 3.63) is 35.4 Å². The Kier molecular flexibility index (Phi) is 4.73. The van der Waals surface area contributed by atoms with Gasteiger partial charge in [0.2, 0.25) is 0 Å². The molecule has 1 aliphatic rings. The zero-order valence-corrected chi connectivity index (χ0v) is 11.6. The van der Waals surface area contributed by atoms with Gasteiger partial charge in [0, 0.05) is 12.0 Å². The van der Waals surface area contributed by atoms with Gasteiger partial charge >= 0.3 is 11.9 Å². The van der Waals surface area contributed by atoms with Gasteiger partial charge in [-0.25, -0.2) is 4.79 Å². The van der Waals surface area contributed by atoms with E-state index in [9.17, 15) is 14.4 Å². The Bertz CT molecular complexity index is 556. The Balaban J connectivity index is 2.00. The summed E-state index contributed by atoms with van der Waals surface area (Å²) in [4.78, 5) is 34.3. The van der Waals surface area contributed by atoms with Crippen LogP contribution in [0.25, 0.3) is 0 Å². The summed E-state index contributed by atoms with van der Waals surface area (Å²) in [5.74, 6) is -2.20. The third kappa shape index (κ3) is 3.68. The van der Waals surface area contributed by atoms with Crippen LogP contribution in [0.15, 0.2) is 24.3 Å². The van der Waals surface area contributed by atoms with Crippen molar-refractivity contribution in [1.29, 1.82) is 0 Å². The predicted molar refractivity (Wildman–Crippen MR) is 75.4 cm³/mol. The molecule has 0 aliphatic heterocycles. The molecule has 0 unspecified atom stereocenters. The van der Waals surface area contributed by atoms with Gasteiger partial charge in [0.1, 0.15) is 0 Å². The molecule has 0 atom stereocenters. The van der Waals surface area contributed by atoms with Crippen molar-refractivity contribution in [2.24, 2.45) is 11.8 Å². The number of aromatic carboxylic acids is 1. The first kappa shape index (κ1) is 15.2. The van der Waals surface area contributed by atoms with E-state index in [2.05, 4.69) is 0 Å². The number of carboxylic acid groups (broad SMARTS) is 2. The van der Waals surface area contributed by atoms with Crippen LogP contribution in [0.3, 0.4) is 0 Å². The van der Waals surface area contributed by atoms with Crippen molar-refractivity contribution in [3.63, 3.8) is 0 Å². The van der Waals surface area contributed by atoms with Crippen LogP contribution in [0, 0.1) is 11.8 Å². The molecule has 0 aromatic heterocycles. The summed E-state index contributed by atoms with van der Waals surface area (Å²) >= 11 is 0. The molecule has 0 saturated heterocycles. The van der Waals surface area contributed by atoms with Gasteiger partial charge in [-0.3, -0.25) is 9.59 Å². The van der Waals surface area contributed by atoms with E-state index in [1.54, 1.807) is 12.1 Å². The van der Waals surface area contributed by atoms with Gasteiger partial charge in [0.25, 0.3) is 0 Å². The first-order valence-electron chi connectivity index (χ1n) is 7.07. The molecular formula is C16H18O5. The lowest BCUT2D eigenvalue weighted by molar-refractivity contribution is -0.143. The second-order valence-corrected chi connectivity index (χ2v) is 5.53. The molecule has 2 rings (SSSR count). The fraction of sp³-hybridized carbons (Fsp3) is 0.438. The molecule has 0 radical (unpaired) electrons. The Labute approximate surface area is 122 Å². The summed E-state index contributed by atoms with van der Waals surface area (Å²) in [6, 6.07) is 6.21. The van der Waals surface area contributed by atoms with Gasteiger partial charge in [0.15, 0.2) is 5.78 Å². The lowest BCUT2D eigenvalue weighted by Gasteiger charge is -2.25. The highest BCUT2D eigenvalue weighted by Crippen LogP contribution is 2.32. The van der Waals surface area contributed by atoms with Crippen LogP contribution in [0.5, 0.6) is 0 Å². The Morgan fingerprint density at radius 2 is 1.52 bits per heavy atom. The van der Waals surface area contributed by atoms with Gasteiger partial charge < -0.3 is 10.2 Å². The van der Waals surface area contributed by atoms with Gasteiger partial charge in [-0.1, -0.05) is 18.2 Å². The second kappa shape index (κ2) is 6.52. The number of carbonyl (C=O) groups excluding carboxylic acids is 1. The fourth-order valence-corrected chi connectivity index (χ4v) is 2.90. The topological polar surface area (TPSA) is 91.7 Å². The molecule has 1 aliphatic carbocycles. The van der Waals surface area contributed by atoms with Crippen LogP contribution in [0.1, 0.15) is 52.8 Å². The highest BCUT2D eigenvalue weighted by Gasteiger charge is 2.28. The van der Waals surface area contributed by atoms with Gasteiger partial charge in [-0.2, -0.15) is 0 Å². The summed E-state index contributed by atoms with van der Waals surface area (Å²) < 4.78 is 0. The van der Waals surface area contributed by atoms with E-state index >= 15 is 0 Å². The van der Waals surface area contributed by atoms with Crippen molar-refractivity contribution in [2.75, 3.05) is 0 Å². The van der Waals surface area contributed by atoms with Gasteiger partial charge in [-0.05, 0) is 37.7 Å². The van der Waals surface area contributed by atoms with E-state index in [1.165, 1.54) is 12.1 Å². The summed E-state index contributed by atoms with van der Waals surface area (Å²) in [6.45, 7) is 0. The maximum atomic E-state index is 12.3. The highest BCUT2D eigenvalue weighted by molar-refractivity contribution is 6.05. The smallest absolute Gasteiger partial charge is 0.336 e. The van der Waals surface area contributed by atoms with Crippen molar-refractivity contribution >= 4 is 17.7 Å². The number of hydrogen-bond acceptors (Lipinski definition) is 3. The molecule has 1 saturated carbocycles. The van der Waals surface area contributed by atoms with Crippen molar-refractivity contribution in [1.82, 2.24) is 0 Å². The molecule has 0 amide bonds. The number of hydrogen-bond donors (Lipinski definition) is 2. The molecule has 1 aromatic carbocycles. The summed E-state index contributed by atoms with van der Waals surface area (Å²) in [5.41, 5.74) is 0.270. The van der Waals surface area contributed by atoms with Crippen molar-refractivity contribution < 1.29 is 24.6 Å². The summed E-state index contributed by atoms with van der Waals surface area (Å²) in [7, 11) is 0. The molecule has 5 nitrogen and oxygen atoms in total. The molecule has 5 heteroatoms. The van der Waals surface area contributed by atoms with E-state index < -0.39 is 11.9 Å². The van der Waals surface area contributed by atoms with Crippen molar-refractivity contribution in [2.45, 2.75) is 32.1 Å². The number of carbonyl (C=O) groups is 3. The monoisotopic (exact) mass is 290 g/mol.